The molecule has 3 aliphatic rings. The molecule has 0 saturated carbocycles. The van der Waals surface area contributed by atoms with Crippen LogP contribution >= 0.6 is 0 Å². The molecule has 10 nitrogen and oxygen atoms in total. The van der Waals surface area contributed by atoms with Crippen LogP contribution in [0.4, 0.5) is 5.69 Å². The number of fused-ring (bicyclic) bond motifs is 1. The van der Waals surface area contributed by atoms with Crippen molar-refractivity contribution in [3.05, 3.63) is 42.5 Å². The molecular weight excluding hydrogens is 616 g/mol. The quantitative estimate of drug-likeness (QED) is 0.378. The zero-order valence-electron chi connectivity index (χ0n) is 30.7. The van der Waals surface area contributed by atoms with Crippen molar-refractivity contribution in [3.8, 4) is 0 Å². The predicted molar refractivity (Wildman–Crippen MR) is 195 cm³/mol. The Balaban J connectivity index is 1.25. The second-order valence-electron chi connectivity index (χ2n) is 16.0. The van der Waals surface area contributed by atoms with Crippen molar-refractivity contribution >= 4 is 40.1 Å². The van der Waals surface area contributed by atoms with Crippen LogP contribution in [0.25, 0.3) is 10.8 Å². The second-order valence-corrected chi connectivity index (χ2v) is 16.0. The van der Waals surface area contributed by atoms with E-state index in [0.29, 0.717) is 19.5 Å². The highest BCUT2D eigenvalue weighted by molar-refractivity contribution is 6.00. The van der Waals surface area contributed by atoms with Gasteiger partial charge in [0.25, 0.3) is 0 Å². The smallest absolute Gasteiger partial charge is 0.247 e. The van der Waals surface area contributed by atoms with Gasteiger partial charge < -0.3 is 20.4 Å². The topological polar surface area (TPSA) is 105 Å². The summed E-state index contributed by atoms with van der Waals surface area (Å²) in [6, 6.07) is 12.0. The normalized spacial score (nSPS) is 23.4. The van der Waals surface area contributed by atoms with Crippen LogP contribution in [0.1, 0.15) is 79.6 Å². The molecule has 0 aromatic heterocycles. The number of hydrogen-bond acceptors (Lipinski definition) is 6. The van der Waals surface area contributed by atoms with Crippen LogP contribution in [-0.2, 0) is 19.2 Å². The summed E-state index contributed by atoms with van der Waals surface area (Å²) in [4.78, 5) is 63.3. The standard InChI is InChI=1S/C39H58N6O4/c1-26(2)33(43(7)38(49)34(39(3,4)5)41-35(46)30-16-10-11-21-42(30)6)25-44-22-12-18-32(44)37(48)45-23-13-17-31(45)36(47)40-29-20-19-27-14-8-9-15-28(27)24-29/h8-9,14-15,19-20,24,26,30-34H,10-13,16-18,21-23,25H2,1-7H3,(H,40,47)(H,41,46). The first-order valence-electron chi connectivity index (χ1n) is 18.4. The molecule has 2 aromatic rings. The van der Waals surface area contributed by atoms with E-state index < -0.39 is 17.5 Å². The largest absolute Gasteiger partial charge is 0.342 e. The van der Waals surface area contributed by atoms with Gasteiger partial charge in [-0.2, -0.15) is 0 Å². The van der Waals surface area contributed by atoms with Gasteiger partial charge in [-0.15, -0.1) is 0 Å². The average Bonchev–Trinajstić information content (AvgIpc) is 3.75. The Morgan fingerprint density at radius 3 is 2.20 bits per heavy atom. The van der Waals surface area contributed by atoms with E-state index in [1.807, 2.05) is 77.3 Å². The number of nitrogens with one attached hydrogen (secondary N) is 2. The number of likely N-dealkylation sites (tertiary alicyclic amines) is 3. The maximum absolute atomic E-state index is 14.2. The number of rotatable bonds is 10. The van der Waals surface area contributed by atoms with Crippen molar-refractivity contribution in [2.75, 3.05) is 45.6 Å². The highest BCUT2D eigenvalue weighted by Crippen LogP contribution is 2.29. The molecule has 49 heavy (non-hydrogen) atoms. The highest BCUT2D eigenvalue weighted by Gasteiger charge is 2.43. The first kappa shape index (κ1) is 36.8. The summed E-state index contributed by atoms with van der Waals surface area (Å²) in [5.74, 6) is -0.212. The summed E-state index contributed by atoms with van der Waals surface area (Å²) < 4.78 is 0. The fourth-order valence-corrected chi connectivity index (χ4v) is 7.99. The van der Waals surface area contributed by atoms with Crippen LogP contribution < -0.4 is 10.6 Å². The van der Waals surface area contributed by atoms with Crippen LogP contribution in [-0.4, -0.2) is 114 Å². The molecule has 0 bridgehead atoms. The van der Waals surface area contributed by atoms with Crippen LogP contribution in [0.5, 0.6) is 0 Å². The molecule has 2 N–H and O–H groups in total. The summed E-state index contributed by atoms with van der Waals surface area (Å²) in [6.45, 7) is 13.0. The van der Waals surface area contributed by atoms with Crippen molar-refractivity contribution in [1.82, 2.24) is 24.9 Å². The second kappa shape index (κ2) is 15.6. The fraction of sp³-hybridized carbons (Fsp3) is 0.641. The number of hydrogen-bond donors (Lipinski definition) is 2. The molecule has 0 spiro atoms. The maximum atomic E-state index is 14.2. The van der Waals surface area contributed by atoms with Gasteiger partial charge in [0.15, 0.2) is 0 Å². The fourth-order valence-electron chi connectivity index (χ4n) is 7.99. The Morgan fingerprint density at radius 1 is 0.837 bits per heavy atom. The Bertz CT molecular complexity index is 1500. The van der Waals surface area contributed by atoms with E-state index in [-0.39, 0.29) is 47.7 Å². The number of nitrogens with zero attached hydrogens (tertiary/aromatic N) is 4. The van der Waals surface area contributed by atoms with E-state index in [2.05, 4.69) is 34.3 Å². The Morgan fingerprint density at radius 2 is 1.51 bits per heavy atom. The summed E-state index contributed by atoms with van der Waals surface area (Å²) in [7, 11) is 3.82. The van der Waals surface area contributed by atoms with Gasteiger partial charge in [0, 0.05) is 31.9 Å². The first-order chi connectivity index (χ1) is 23.3. The molecule has 3 aliphatic heterocycles. The number of carbonyl (C=O) groups excluding carboxylic acids is 4. The minimum Gasteiger partial charge on any atom is -0.342 e. The molecule has 10 heteroatoms. The van der Waals surface area contributed by atoms with Crippen LogP contribution in [0.15, 0.2) is 42.5 Å². The molecule has 3 fully saturated rings. The van der Waals surface area contributed by atoms with Crippen molar-refractivity contribution in [2.24, 2.45) is 11.3 Å². The lowest BCUT2D eigenvalue weighted by molar-refractivity contribution is -0.143. The maximum Gasteiger partial charge on any atom is 0.247 e. The van der Waals surface area contributed by atoms with E-state index in [4.69, 9.17) is 0 Å². The summed E-state index contributed by atoms with van der Waals surface area (Å²) in [6.07, 6.45) is 5.93. The van der Waals surface area contributed by atoms with E-state index in [0.717, 1.165) is 68.1 Å². The van der Waals surface area contributed by atoms with Crippen molar-refractivity contribution in [3.63, 3.8) is 0 Å². The molecule has 5 rings (SSSR count). The van der Waals surface area contributed by atoms with E-state index in [1.54, 1.807) is 9.80 Å². The summed E-state index contributed by atoms with van der Waals surface area (Å²) >= 11 is 0. The van der Waals surface area contributed by atoms with Gasteiger partial charge in [-0.1, -0.05) is 71.4 Å². The van der Waals surface area contributed by atoms with Gasteiger partial charge >= 0.3 is 0 Å². The lowest BCUT2D eigenvalue weighted by Crippen LogP contribution is -2.61. The zero-order chi connectivity index (χ0) is 35.5. The third-order valence-corrected chi connectivity index (χ3v) is 11.0. The SMILES string of the molecule is CC(C)C(CN1CCCC1C(=O)N1CCCC1C(=O)Nc1ccc2ccccc2c1)N(C)C(=O)C(NC(=O)C1CCCCN1C)C(C)(C)C. The number of benzene rings is 2. The third-order valence-electron chi connectivity index (χ3n) is 11.0. The number of likely N-dealkylation sites (N-methyl/N-ethyl adjacent to an activating group) is 2. The van der Waals surface area contributed by atoms with Gasteiger partial charge in [0.1, 0.15) is 12.1 Å². The van der Waals surface area contributed by atoms with Gasteiger partial charge in [-0.25, -0.2) is 0 Å². The van der Waals surface area contributed by atoms with E-state index in [9.17, 15) is 19.2 Å². The number of anilines is 1. The van der Waals surface area contributed by atoms with Gasteiger partial charge in [-0.3, -0.25) is 29.0 Å². The zero-order valence-corrected chi connectivity index (χ0v) is 30.7. The minimum absolute atomic E-state index is 0.00146. The predicted octanol–water partition coefficient (Wildman–Crippen LogP) is 4.73. The Hall–Kier alpha value is -3.50. The van der Waals surface area contributed by atoms with Gasteiger partial charge in [0.05, 0.1) is 12.1 Å². The lowest BCUT2D eigenvalue weighted by atomic mass is 9.84. The van der Waals surface area contributed by atoms with E-state index >= 15 is 0 Å². The van der Waals surface area contributed by atoms with E-state index in [1.165, 1.54) is 0 Å². The molecule has 3 heterocycles. The number of carbonyl (C=O) groups is 4. The van der Waals surface area contributed by atoms with Crippen LogP contribution in [0, 0.1) is 11.3 Å². The Labute approximate surface area is 292 Å². The number of amides is 4. The van der Waals surface area contributed by atoms with Gasteiger partial charge in [-0.05, 0) is 92.9 Å². The molecule has 5 atom stereocenters. The minimum atomic E-state index is -0.677. The highest BCUT2D eigenvalue weighted by atomic mass is 16.2. The molecule has 5 unspecified atom stereocenters. The molecule has 2 aromatic carbocycles. The summed E-state index contributed by atoms with van der Waals surface area (Å²) in [5, 5.41) is 8.38. The lowest BCUT2D eigenvalue weighted by Gasteiger charge is -2.41. The third kappa shape index (κ3) is 8.46. The van der Waals surface area contributed by atoms with Crippen LogP contribution in [0.3, 0.4) is 0 Å². The molecule has 4 amide bonds. The van der Waals surface area contributed by atoms with Crippen molar-refractivity contribution in [2.45, 2.75) is 110 Å². The number of piperidine rings is 1. The average molecular weight is 675 g/mol. The Kier molecular flexibility index (Phi) is 11.7. The molecular formula is C39H58N6O4. The molecule has 0 aliphatic carbocycles. The monoisotopic (exact) mass is 674 g/mol. The first-order valence-corrected chi connectivity index (χ1v) is 18.4. The molecule has 0 radical (unpaired) electrons. The van der Waals surface area contributed by atoms with Crippen molar-refractivity contribution < 1.29 is 19.2 Å². The molecule has 268 valence electrons. The van der Waals surface area contributed by atoms with Crippen molar-refractivity contribution in [1.29, 1.82) is 0 Å². The van der Waals surface area contributed by atoms with Crippen LogP contribution in [0.2, 0.25) is 0 Å². The molecule has 3 saturated heterocycles. The summed E-state index contributed by atoms with van der Waals surface area (Å²) in [5.41, 5.74) is 0.244. The van der Waals surface area contributed by atoms with Gasteiger partial charge in [0.2, 0.25) is 23.6 Å².